The van der Waals surface area contributed by atoms with Gasteiger partial charge in [-0.25, -0.2) is 12.8 Å². The Morgan fingerprint density at radius 1 is 1.21 bits per heavy atom. The fourth-order valence-corrected chi connectivity index (χ4v) is 3.71. The van der Waals surface area contributed by atoms with Gasteiger partial charge in [-0.2, -0.15) is 0 Å². The third-order valence-corrected chi connectivity index (χ3v) is 5.98. The highest BCUT2D eigenvalue weighted by atomic mass is 32.2. The first-order valence-corrected chi connectivity index (χ1v) is 9.59. The fourth-order valence-electron chi connectivity index (χ4n) is 2.82. The summed E-state index contributed by atoms with van der Waals surface area (Å²) in [5, 5.41) is 0. The molecule has 0 spiro atoms. The van der Waals surface area contributed by atoms with E-state index in [-0.39, 0.29) is 17.7 Å². The Kier molecular flexibility index (Phi) is 4.87. The lowest BCUT2D eigenvalue weighted by molar-refractivity contribution is 0.0396. The summed E-state index contributed by atoms with van der Waals surface area (Å²) in [6.45, 7) is 3.49. The van der Waals surface area contributed by atoms with Gasteiger partial charge >= 0.3 is 0 Å². The Bertz CT molecular complexity index is 805. The molecule has 1 saturated heterocycles. The van der Waals surface area contributed by atoms with E-state index in [1.54, 1.807) is 25.1 Å². The molecule has 2 aromatic rings. The van der Waals surface area contributed by atoms with E-state index >= 15 is 0 Å². The second-order valence-electron chi connectivity index (χ2n) is 5.76. The molecule has 1 atom stereocenters. The first-order valence-electron chi connectivity index (χ1n) is 7.94. The first-order chi connectivity index (χ1) is 11.5. The first kappa shape index (κ1) is 16.9. The number of nitrogens with zero attached hydrogens (tertiary/aromatic N) is 1. The van der Waals surface area contributed by atoms with Crippen LogP contribution in [0.2, 0.25) is 0 Å². The van der Waals surface area contributed by atoms with Crippen molar-refractivity contribution in [3.05, 3.63) is 59.9 Å². The van der Waals surface area contributed by atoms with Crippen LogP contribution in [0.5, 0.6) is 0 Å². The van der Waals surface area contributed by atoms with E-state index in [9.17, 15) is 12.8 Å². The standard InChI is InChI=1S/C18H20FNO3S/c1-2-24(21,22)17-8-6-16(7-9-17)20-10-11-23-18(13-20)14-4-3-5-15(19)12-14/h3-9,12,18H,2,10-11,13H2,1H3/t18-/m1/s1. The molecule has 1 aliphatic rings. The number of hydrogen-bond acceptors (Lipinski definition) is 4. The van der Waals surface area contributed by atoms with Crippen LogP contribution in [0, 0.1) is 5.82 Å². The van der Waals surface area contributed by atoms with Crippen LogP contribution in [0.1, 0.15) is 18.6 Å². The minimum absolute atomic E-state index is 0.0888. The highest BCUT2D eigenvalue weighted by molar-refractivity contribution is 7.91. The summed E-state index contributed by atoms with van der Waals surface area (Å²) in [7, 11) is -3.19. The minimum atomic E-state index is -3.19. The van der Waals surface area contributed by atoms with Gasteiger partial charge in [0.15, 0.2) is 9.84 Å². The monoisotopic (exact) mass is 349 g/mol. The molecule has 1 heterocycles. The van der Waals surface area contributed by atoms with E-state index in [0.717, 1.165) is 11.3 Å². The van der Waals surface area contributed by atoms with Gasteiger partial charge in [0.2, 0.25) is 0 Å². The van der Waals surface area contributed by atoms with Crippen molar-refractivity contribution in [2.45, 2.75) is 17.9 Å². The van der Waals surface area contributed by atoms with Gasteiger partial charge in [0, 0.05) is 18.8 Å². The maximum Gasteiger partial charge on any atom is 0.178 e. The smallest absolute Gasteiger partial charge is 0.178 e. The zero-order chi connectivity index (χ0) is 17.2. The molecule has 0 radical (unpaired) electrons. The van der Waals surface area contributed by atoms with Crippen molar-refractivity contribution in [3.8, 4) is 0 Å². The second kappa shape index (κ2) is 6.91. The van der Waals surface area contributed by atoms with E-state index in [0.29, 0.717) is 24.6 Å². The lowest BCUT2D eigenvalue weighted by Crippen LogP contribution is -2.38. The number of rotatable bonds is 4. The predicted molar refractivity (Wildman–Crippen MR) is 91.5 cm³/mol. The summed E-state index contributed by atoms with van der Waals surface area (Å²) >= 11 is 0. The van der Waals surface area contributed by atoms with E-state index in [1.165, 1.54) is 12.1 Å². The lowest BCUT2D eigenvalue weighted by atomic mass is 10.1. The van der Waals surface area contributed by atoms with Crippen LogP contribution in [-0.4, -0.2) is 33.9 Å². The topological polar surface area (TPSA) is 46.6 Å². The quantitative estimate of drug-likeness (QED) is 0.850. The molecule has 128 valence electrons. The summed E-state index contributed by atoms with van der Waals surface area (Å²) in [6.07, 6.45) is -0.200. The average Bonchev–Trinajstić information content (AvgIpc) is 2.62. The predicted octanol–water partition coefficient (Wildman–Crippen LogP) is 3.20. The number of ether oxygens (including phenoxy) is 1. The zero-order valence-electron chi connectivity index (χ0n) is 13.5. The molecule has 1 aliphatic heterocycles. The van der Waals surface area contributed by atoms with Crippen molar-refractivity contribution < 1.29 is 17.5 Å². The van der Waals surface area contributed by atoms with Gasteiger partial charge in [-0.15, -0.1) is 0 Å². The normalized spacial score (nSPS) is 18.6. The van der Waals surface area contributed by atoms with Crippen molar-refractivity contribution in [2.75, 3.05) is 30.3 Å². The average molecular weight is 349 g/mol. The summed E-state index contributed by atoms with van der Waals surface area (Å²) < 4.78 is 42.9. The Morgan fingerprint density at radius 2 is 1.96 bits per heavy atom. The van der Waals surface area contributed by atoms with Gasteiger partial charge in [0.05, 0.1) is 17.3 Å². The van der Waals surface area contributed by atoms with Crippen LogP contribution in [-0.2, 0) is 14.6 Å². The van der Waals surface area contributed by atoms with E-state index in [4.69, 9.17) is 4.74 Å². The highest BCUT2D eigenvalue weighted by Gasteiger charge is 2.23. The van der Waals surface area contributed by atoms with Crippen LogP contribution in [0.4, 0.5) is 10.1 Å². The molecule has 0 N–H and O–H groups in total. The molecular formula is C18H20FNO3S. The van der Waals surface area contributed by atoms with Crippen molar-refractivity contribution in [1.29, 1.82) is 0 Å². The van der Waals surface area contributed by atoms with E-state index in [2.05, 4.69) is 4.90 Å². The molecule has 0 saturated carbocycles. The second-order valence-corrected chi connectivity index (χ2v) is 8.04. The molecule has 24 heavy (non-hydrogen) atoms. The van der Waals surface area contributed by atoms with Gasteiger partial charge in [-0.1, -0.05) is 19.1 Å². The fraction of sp³-hybridized carbons (Fsp3) is 0.333. The van der Waals surface area contributed by atoms with Crippen LogP contribution in [0.25, 0.3) is 0 Å². The van der Waals surface area contributed by atoms with Crippen LogP contribution >= 0.6 is 0 Å². The van der Waals surface area contributed by atoms with Crippen LogP contribution < -0.4 is 4.90 Å². The number of sulfone groups is 1. The van der Waals surface area contributed by atoms with Crippen molar-refractivity contribution >= 4 is 15.5 Å². The minimum Gasteiger partial charge on any atom is -0.370 e. The molecule has 0 amide bonds. The Labute approximate surface area is 141 Å². The third kappa shape index (κ3) is 3.60. The molecule has 0 unspecified atom stereocenters. The summed E-state index contributed by atoms with van der Waals surface area (Å²) in [5.74, 6) is -0.187. The SMILES string of the molecule is CCS(=O)(=O)c1ccc(N2CCO[C@@H](c3cccc(F)c3)C2)cc1. The summed E-state index contributed by atoms with van der Waals surface area (Å²) in [5.41, 5.74) is 1.75. The van der Waals surface area contributed by atoms with Crippen molar-refractivity contribution in [2.24, 2.45) is 0 Å². The summed E-state index contributed by atoms with van der Waals surface area (Å²) in [4.78, 5) is 2.46. The van der Waals surface area contributed by atoms with Gasteiger partial charge in [0.1, 0.15) is 11.9 Å². The molecule has 0 aromatic heterocycles. The molecule has 0 bridgehead atoms. The Balaban J connectivity index is 1.77. The highest BCUT2D eigenvalue weighted by Crippen LogP contribution is 2.27. The van der Waals surface area contributed by atoms with Crippen molar-refractivity contribution in [3.63, 3.8) is 0 Å². The number of hydrogen-bond donors (Lipinski definition) is 0. The number of anilines is 1. The maximum absolute atomic E-state index is 13.4. The van der Waals surface area contributed by atoms with Crippen molar-refractivity contribution in [1.82, 2.24) is 0 Å². The molecule has 2 aromatic carbocycles. The molecular weight excluding hydrogens is 329 g/mol. The maximum atomic E-state index is 13.4. The summed E-state index contributed by atoms with van der Waals surface area (Å²) in [6, 6.07) is 13.3. The molecule has 0 aliphatic carbocycles. The molecule has 1 fully saturated rings. The number of halogens is 1. The van der Waals surface area contributed by atoms with Gasteiger partial charge in [-0.3, -0.25) is 0 Å². The molecule has 6 heteroatoms. The number of benzene rings is 2. The van der Waals surface area contributed by atoms with Gasteiger partial charge < -0.3 is 9.64 Å². The van der Waals surface area contributed by atoms with Gasteiger partial charge in [0.25, 0.3) is 0 Å². The third-order valence-electron chi connectivity index (χ3n) is 4.23. The Morgan fingerprint density at radius 3 is 2.62 bits per heavy atom. The van der Waals surface area contributed by atoms with E-state index < -0.39 is 9.84 Å². The van der Waals surface area contributed by atoms with Gasteiger partial charge in [-0.05, 0) is 42.0 Å². The van der Waals surface area contributed by atoms with Crippen LogP contribution in [0.3, 0.4) is 0 Å². The lowest BCUT2D eigenvalue weighted by Gasteiger charge is -2.34. The molecule has 3 rings (SSSR count). The largest absolute Gasteiger partial charge is 0.370 e. The molecule has 4 nitrogen and oxygen atoms in total. The Hall–Kier alpha value is -1.92. The number of morpholine rings is 1. The van der Waals surface area contributed by atoms with Crippen LogP contribution in [0.15, 0.2) is 53.4 Å². The van der Waals surface area contributed by atoms with E-state index in [1.807, 2.05) is 18.2 Å². The zero-order valence-corrected chi connectivity index (χ0v) is 14.3.